The van der Waals surface area contributed by atoms with Crippen molar-refractivity contribution in [2.75, 3.05) is 13.7 Å². The molecule has 88 valence electrons. The maximum absolute atomic E-state index is 10.8. The number of rotatable bonds is 5. The van der Waals surface area contributed by atoms with E-state index in [0.29, 0.717) is 12.0 Å². The number of aromatic nitrogens is 1. The van der Waals surface area contributed by atoms with E-state index >= 15 is 0 Å². The number of methoxy groups -OCH3 is 1. The fraction of sp³-hybridized carbons (Fsp3) is 0.250. The average molecular weight is 231 g/mol. The second kappa shape index (κ2) is 7.01. The van der Waals surface area contributed by atoms with Gasteiger partial charge in [-0.3, -0.25) is 9.78 Å². The van der Waals surface area contributed by atoms with Crippen molar-refractivity contribution in [1.82, 2.24) is 10.3 Å². The van der Waals surface area contributed by atoms with Crippen molar-refractivity contribution < 1.29 is 9.53 Å². The standard InChI is InChI=1S/C12H13N3O2/c1-17-12(16)9-15-8-11(6-13)5-10-3-2-4-14-7-10/h2-4,7-8,15H,5,9H2,1H3/b11-8+. The summed E-state index contributed by atoms with van der Waals surface area (Å²) < 4.78 is 4.46. The van der Waals surface area contributed by atoms with Crippen LogP contribution in [-0.2, 0) is 16.0 Å². The van der Waals surface area contributed by atoms with Gasteiger partial charge in [-0.05, 0) is 11.6 Å². The fourth-order valence-corrected chi connectivity index (χ4v) is 1.18. The van der Waals surface area contributed by atoms with Gasteiger partial charge in [0.2, 0.25) is 0 Å². The number of esters is 1. The second-order valence-corrected chi connectivity index (χ2v) is 3.28. The molecule has 0 unspecified atom stereocenters. The summed E-state index contributed by atoms with van der Waals surface area (Å²) in [5.74, 6) is -0.375. The van der Waals surface area contributed by atoms with E-state index in [4.69, 9.17) is 5.26 Å². The van der Waals surface area contributed by atoms with Crippen molar-refractivity contribution in [1.29, 1.82) is 5.26 Å². The molecule has 0 saturated carbocycles. The number of allylic oxidation sites excluding steroid dienone is 1. The van der Waals surface area contributed by atoms with Crippen LogP contribution >= 0.6 is 0 Å². The van der Waals surface area contributed by atoms with Gasteiger partial charge >= 0.3 is 5.97 Å². The lowest BCUT2D eigenvalue weighted by Crippen LogP contribution is -2.19. The Morgan fingerprint density at radius 3 is 3.12 bits per heavy atom. The molecule has 0 aromatic carbocycles. The third kappa shape index (κ3) is 4.80. The third-order valence-electron chi connectivity index (χ3n) is 2.01. The first-order valence-corrected chi connectivity index (χ1v) is 5.04. The Balaban J connectivity index is 2.52. The molecule has 1 aromatic heterocycles. The molecule has 0 aliphatic heterocycles. The highest BCUT2D eigenvalue weighted by atomic mass is 16.5. The number of nitrogens with one attached hydrogen (secondary N) is 1. The molecule has 1 N–H and O–H groups in total. The van der Waals surface area contributed by atoms with E-state index in [9.17, 15) is 4.79 Å². The summed E-state index contributed by atoms with van der Waals surface area (Å²) in [5.41, 5.74) is 1.47. The molecule has 17 heavy (non-hydrogen) atoms. The van der Waals surface area contributed by atoms with Crippen LogP contribution in [0, 0.1) is 11.3 Å². The normalized spacial score (nSPS) is 10.5. The molecule has 0 amide bonds. The van der Waals surface area contributed by atoms with Crippen LogP contribution in [0.1, 0.15) is 5.56 Å². The molecule has 0 bridgehead atoms. The van der Waals surface area contributed by atoms with Crippen molar-refractivity contribution in [2.45, 2.75) is 6.42 Å². The summed E-state index contributed by atoms with van der Waals surface area (Å²) in [7, 11) is 1.31. The number of carbonyl (C=O) groups excluding carboxylic acids is 1. The molecular formula is C12H13N3O2. The van der Waals surface area contributed by atoms with Gasteiger partial charge in [0.1, 0.15) is 6.54 Å². The Hall–Kier alpha value is -2.35. The molecule has 0 spiro atoms. The molecule has 1 heterocycles. The van der Waals surface area contributed by atoms with Gasteiger partial charge in [0.05, 0.1) is 13.2 Å². The highest BCUT2D eigenvalue weighted by Gasteiger charge is 2.00. The van der Waals surface area contributed by atoms with Crippen LogP contribution in [0.3, 0.4) is 0 Å². The Morgan fingerprint density at radius 2 is 2.53 bits per heavy atom. The predicted octanol–water partition coefficient (Wildman–Crippen LogP) is 0.794. The molecule has 0 aliphatic carbocycles. The number of hydrogen-bond acceptors (Lipinski definition) is 5. The molecule has 0 atom stereocenters. The number of ether oxygens (including phenoxy) is 1. The number of pyridine rings is 1. The first kappa shape index (κ1) is 12.7. The lowest BCUT2D eigenvalue weighted by atomic mass is 10.1. The number of nitriles is 1. The summed E-state index contributed by atoms with van der Waals surface area (Å²) in [6, 6.07) is 5.76. The van der Waals surface area contributed by atoms with E-state index in [1.807, 2.05) is 12.1 Å². The lowest BCUT2D eigenvalue weighted by Gasteiger charge is -2.01. The van der Waals surface area contributed by atoms with Gasteiger partial charge in [0.25, 0.3) is 0 Å². The quantitative estimate of drug-likeness (QED) is 0.599. The van der Waals surface area contributed by atoms with Crippen LogP contribution in [0.5, 0.6) is 0 Å². The minimum Gasteiger partial charge on any atom is -0.468 e. The van der Waals surface area contributed by atoms with E-state index in [2.05, 4.69) is 21.1 Å². The first-order chi connectivity index (χ1) is 8.26. The number of carbonyl (C=O) groups is 1. The minimum absolute atomic E-state index is 0.0503. The highest BCUT2D eigenvalue weighted by Crippen LogP contribution is 2.04. The molecular weight excluding hydrogens is 218 g/mol. The smallest absolute Gasteiger partial charge is 0.325 e. The molecule has 0 aliphatic rings. The van der Waals surface area contributed by atoms with Crippen molar-refractivity contribution in [3.63, 3.8) is 0 Å². The van der Waals surface area contributed by atoms with E-state index in [-0.39, 0.29) is 12.5 Å². The van der Waals surface area contributed by atoms with Gasteiger partial charge in [0, 0.05) is 30.6 Å². The monoisotopic (exact) mass is 231 g/mol. The Labute approximate surface area is 99.7 Å². The van der Waals surface area contributed by atoms with E-state index in [1.54, 1.807) is 12.4 Å². The molecule has 5 nitrogen and oxygen atoms in total. The number of hydrogen-bond donors (Lipinski definition) is 1. The summed E-state index contributed by atoms with van der Waals surface area (Å²) in [5, 5.41) is 11.6. The largest absolute Gasteiger partial charge is 0.468 e. The third-order valence-corrected chi connectivity index (χ3v) is 2.01. The molecule has 5 heteroatoms. The maximum atomic E-state index is 10.8. The van der Waals surface area contributed by atoms with E-state index < -0.39 is 0 Å². The van der Waals surface area contributed by atoms with Crippen LogP contribution in [0.15, 0.2) is 36.3 Å². The predicted molar refractivity (Wildman–Crippen MR) is 61.7 cm³/mol. The summed E-state index contributed by atoms with van der Waals surface area (Å²) in [6.45, 7) is 0.0503. The SMILES string of the molecule is COC(=O)CN/C=C(/C#N)Cc1cccnc1. The van der Waals surface area contributed by atoms with Gasteiger partial charge in [-0.1, -0.05) is 6.07 Å². The van der Waals surface area contributed by atoms with E-state index in [1.165, 1.54) is 13.3 Å². The van der Waals surface area contributed by atoms with Gasteiger partial charge in [-0.2, -0.15) is 5.26 Å². The van der Waals surface area contributed by atoms with Crippen LogP contribution < -0.4 is 5.32 Å². The molecule has 1 aromatic rings. The van der Waals surface area contributed by atoms with Crippen LogP contribution in [-0.4, -0.2) is 24.6 Å². The number of nitrogens with zero attached hydrogens (tertiary/aromatic N) is 2. The lowest BCUT2D eigenvalue weighted by molar-refractivity contribution is -0.139. The van der Waals surface area contributed by atoms with Crippen LogP contribution in [0.2, 0.25) is 0 Å². The zero-order chi connectivity index (χ0) is 12.5. The Morgan fingerprint density at radius 1 is 1.71 bits per heavy atom. The van der Waals surface area contributed by atoms with Crippen molar-refractivity contribution in [3.05, 3.63) is 41.9 Å². The van der Waals surface area contributed by atoms with Crippen LogP contribution in [0.25, 0.3) is 0 Å². The maximum Gasteiger partial charge on any atom is 0.325 e. The highest BCUT2D eigenvalue weighted by molar-refractivity contribution is 5.71. The summed E-state index contributed by atoms with van der Waals surface area (Å²) in [6.07, 6.45) is 5.38. The topological polar surface area (TPSA) is 75.0 Å². The van der Waals surface area contributed by atoms with Crippen LogP contribution in [0.4, 0.5) is 0 Å². The zero-order valence-corrected chi connectivity index (χ0v) is 9.51. The molecule has 0 saturated heterocycles. The zero-order valence-electron chi connectivity index (χ0n) is 9.51. The molecule has 1 rings (SSSR count). The van der Waals surface area contributed by atoms with Crippen molar-refractivity contribution in [2.24, 2.45) is 0 Å². The second-order valence-electron chi connectivity index (χ2n) is 3.28. The van der Waals surface area contributed by atoms with E-state index in [0.717, 1.165) is 5.56 Å². The van der Waals surface area contributed by atoms with Crippen molar-refractivity contribution >= 4 is 5.97 Å². The average Bonchev–Trinajstić information content (AvgIpc) is 2.38. The van der Waals surface area contributed by atoms with Gasteiger partial charge in [-0.25, -0.2) is 0 Å². The summed E-state index contributed by atoms with van der Waals surface area (Å²) in [4.78, 5) is 14.8. The molecule has 0 radical (unpaired) electrons. The Bertz CT molecular complexity index is 435. The van der Waals surface area contributed by atoms with Gasteiger partial charge in [0.15, 0.2) is 0 Å². The molecule has 0 fully saturated rings. The first-order valence-electron chi connectivity index (χ1n) is 5.04. The minimum atomic E-state index is -0.375. The Kier molecular flexibility index (Phi) is 5.25. The fourth-order valence-electron chi connectivity index (χ4n) is 1.18. The van der Waals surface area contributed by atoms with Crippen molar-refractivity contribution in [3.8, 4) is 6.07 Å². The summed E-state index contributed by atoms with van der Waals surface area (Å²) >= 11 is 0. The van der Waals surface area contributed by atoms with Gasteiger partial charge < -0.3 is 10.1 Å². The van der Waals surface area contributed by atoms with Gasteiger partial charge in [-0.15, -0.1) is 0 Å².